The van der Waals surface area contributed by atoms with Crippen LogP contribution >= 0.6 is 0 Å². The van der Waals surface area contributed by atoms with Gasteiger partial charge in [-0.2, -0.15) is 0 Å². The second-order valence-electron chi connectivity index (χ2n) is 3.99. The van der Waals surface area contributed by atoms with Crippen LogP contribution in [0.3, 0.4) is 0 Å². The van der Waals surface area contributed by atoms with Gasteiger partial charge in [-0.05, 0) is 18.2 Å². The topological polar surface area (TPSA) is 46.2 Å². The molecule has 0 fully saturated rings. The molecule has 0 saturated heterocycles. The minimum Gasteiger partial charge on any atom is -0.207 e. The highest BCUT2D eigenvalue weighted by Gasteiger charge is 2.18. The number of benzene rings is 2. The number of rotatable bonds is 4. The van der Waals surface area contributed by atoms with Crippen LogP contribution in [0.15, 0.2) is 47.4 Å². The number of nitrogens with one attached hydrogen (secondary N) is 1. The van der Waals surface area contributed by atoms with E-state index in [4.69, 9.17) is 0 Å². The molecular formula is C13H10F3NO2S. The Bertz CT molecular complexity index is 732. The fraction of sp³-hybridized carbons (Fsp3) is 0.0769. The second kappa shape index (κ2) is 5.64. The fourth-order valence-corrected chi connectivity index (χ4v) is 2.66. The van der Waals surface area contributed by atoms with E-state index in [1.54, 1.807) is 0 Å². The molecule has 2 rings (SSSR count). The van der Waals surface area contributed by atoms with Gasteiger partial charge < -0.3 is 0 Å². The first-order valence-corrected chi connectivity index (χ1v) is 7.06. The molecular weight excluding hydrogens is 291 g/mol. The van der Waals surface area contributed by atoms with E-state index in [0.717, 1.165) is 24.3 Å². The standard InChI is InChI=1S/C13H10F3NO2S/c14-10-6-5-9(12(16)7-10)8-17-20(18,19)13-4-2-1-3-11(13)15/h1-7,17H,8H2. The third-order valence-electron chi connectivity index (χ3n) is 2.59. The van der Waals surface area contributed by atoms with E-state index in [9.17, 15) is 21.6 Å². The third kappa shape index (κ3) is 3.17. The van der Waals surface area contributed by atoms with Gasteiger partial charge in [0.25, 0.3) is 0 Å². The summed E-state index contributed by atoms with van der Waals surface area (Å²) in [6, 6.07) is 7.60. The van der Waals surface area contributed by atoms with Crippen molar-refractivity contribution in [1.82, 2.24) is 4.72 Å². The largest absolute Gasteiger partial charge is 0.243 e. The maximum absolute atomic E-state index is 13.4. The Morgan fingerprint density at radius 2 is 1.65 bits per heavy atom. The first-order chi connectivity index (χ1) is 9.40. The van der Waals surface area contributed by atoms with Crippen LogP contribution in [0.4, 0.5) is 13.2 Å². The second-order valence-corrected chi connectivity index (χ2v) is 5.73. The summed E-state index contributed by atoms with van der Waals surface area (Å²) in [5.74, 6) is -2.54. The Morgan fingerprint density at radius 1 is 0.950 bits per heavy atom. The van der Waals surface area contributed by atoms with Crippen LogP contribution in [0.1, 0.15) is 5.56 Å². The number of hydrogen-bond acceptors (Lipinski definition) is 2. The SMILES string of the molecule is O=S(=O)(NCc1ccc(F)cc1F)c1ccccc1F. The molecule has 0 atom stereocenters. The van der Waals surface area contributed by atoms with Gasteiger partial charge in [-0.25, -0.2) is 26.3 Å². The van der Waals surface area contributed by atoms with Gasteiger partial charge in [0.15, 0.2) is 0 Å². The zero-order valence-corrected chi connectivity index (χ0v) is 10.9. The summed E-state index contributed by atoms with van der Waals surface area (Å²) in [5.41, 5.74) is -0.0358. The summed E-state index contributed by atoms with van der Waals surface area (Å²) in [7, 11) is -4.10. The molecule has 0 amide bonds. The summed E-state index contributed by atoms with van der Waals surface area (Å²) in [6.07, 6.45) is 0. The van der Waals surface area contributed by atoms with E-state index in [2.05, 4.69) is 4.72 Å². The minimum atomic E-state index is -4.10. The van der Waals surface area contributed by atoms with Gasteiger partial charge >= 0.3 is 0 Å². The Labute approximate surface area is 114 Å². The highest BCUT2D eigenvalue weighted by atomic mass is 32.2. The van der Waals surface area contributed by atoms with E-state index >= 15 is 0 Å². The van der Waals surface area contributed by atoms with Crippen molar-refractivity contribution in [1.29, 1.82) is 0 Å². The van der Waals surface area contributed by atoms with Crippen LogP contribution in [0.5, 0.6) is 0 Å². The van der Waals surface area contributed by atoms with Crippen LogP contribution in [0, 0.1) is 17.5 Å². The molecule has 0 heterocycles. The number of hydrogen-bond donors (Lipinski definition) is 1. The fourth-order valence-electron chi connectivity index (χ4n) is 1.58. The van der Waals surface area contributed by atoms with Crippen molar-refractivity contribution in [2.24, 2.45) is 0 Å². The van der Waals surface area contributed by atoms with Gasteiger partial charge in [-0.15, -0.1) is 0 Å². The quantitative estimate of drug-likeness (QED) is 0.943. The minimum absolute atomic E-state index is 0.0358. The lowest BCUT2D eigenvalue weighted by molar-refractivity contribution is 0.551. The molecule has 1 N–H and O–H groups in total. The summed E-state index contributed by atoms with van der Waals surface area (Å²) >= 11 is 0. The van der Waals surface area contributed by atoms with Crippen molar-refractivity contribution in [2.75, 3.05) is 0 Å². The first-order valence-electron chi connectivity index (χ1n) is 5.58. The van der Waals surface area contributed by atoms with Gasteiger partial charge in [-0.1, -0.05) is 18.2 Å². The van der Waals surface area contributed by atoms with Crippen molar-refractivity contribution in [3.8, 4) is 0 Å². The zero-order valence-electron chi connectivity index (χ0n) is 10.1. The molecule has 2 aromatic carbocycles. The van der Waals surface area contributed by atoms with Gasteiger partial charge in [-0.3, -0.25) is 0 Å². The van der Waals surface area contributed by atoms with Gasteiger partial charge in [0.2, 0.25) is 10.0 Å². The van der Waals surface area contributed by atoms with Crippen molar-refractivity contribution >= 4 is 10.0 Å². The molecule has 0 aromatic heterocycles. The molecule has 0 radical (unpaired) electrons. The highest BCUT2D eigenvalue weighted by Crippen LogP contribution is 2.15. The molecule has 0 aliphatic heterocycles. The van der Waals surface area contributed by atoms with Crippen molar-refractivity contribution < 1.29 is 21.6 Å². The van der Waals surface area contributed by atoms with E-state index in [0.29, 0.717) is 6.07 Å². The molecule has 2 aromatic rings. The Balaban J connectivity index is 2.20. The van der Waals surface area contributed by atoms with Crippen molar-refractivity contribution in [3.63, 3.8) is 0 Å². The lowest BCUT2D eigenvalue weighted by atomic mass is 10.2. The van der Waals surface area contributed by atoms with Crippen LogP contribution in [0.25, 0.3) is 0 Å². The predicted octanol–water partition coefficient (Wildman–Crippen LogP) is 2.58. The lowest BCUT2D eigenvalue weighted by Gasteiger charge is -2.08. The van der Waals surface area contributed by atoms with Gasteiger partial charge in [0.1, 0.15) is 22.3 Å². The van der Waals surface area contributed by atoms with Crippen molar-refractivity contribution in [3.05, 3.63) is 65.5 Å². The van der Waals surface area contributed by atoms with Crippen LogP contribution in [-0.2, 0) is 16.6 Å². The maximum atomic E-state index is 13.4. The van der Waals surface area contributed by atoms with E-state index < -0.39 is 38.9 Å². The summed E-state index contributed by atoms with van der Waals surface area (Å²) in [5, 5.41) is 0. The monoisotopic (exact) mass is 301 g/mol. The van der Waals surface area contributed by atoms with E-state index in [1.807, 2.05) is 0 Å². The average molecular weight is 301 g/mol. The molecule has 0 bridgehead atoms. The normalized spacial score (nSPS) is 11.6. The predicted molar refractivity (Wildman–Crippen MR) is 66.8 cm³/mol. The highest BCUT2D eigenvalue weighted by molar-refractivity contribution is 7.89. The Kier molecular flexibility index (Phi) is 4.10. The van der Waals surface area contributed by atoms with E-state index in [1.165, 1.54) is 12.1 Å². The molecule has 0 aliphatic rings. The molecule has 0 spiro atoms. The molecule has 0 aliphatic carbocycles. The first kappa shape index (κ1) is 14.5. The van der Waals surface area contributed by atoms with E-state index in [-0.39, 0.29) is 5.56 Å². The molecule has 0 unspecified atom stereocenters. The molecule has 0 saturated carbocycles. The summed E-state index contributed by atoms with van der Waals surface area (Å²) < 4.78 is 65.2. The number of halogens is 3. The third-order valence-corrected chi connectivity index (χ3v) is 4.03. The van der Waals surface area contributed by atoms with Gasteiger partial charge in [0.05, 0.1) is 0 Å². The molecule has 3 nitrogen and oxygen atoms in total. The van der Waals surface area contributed by atoms with Crippen LogP contribution < -0.4 is 4.72 Å². The smallest absolute Gasteiger partial charge is 0.207 e. The Hall–Kier alpha value is -1.86. The summed E-state index contributed by atoms with van der Waals surface area (Å²) in [6.45, 7) is -0.400. The number of sulfonamides is 1. The Morgan fingerprint density at radius 3 is 2.30 bits per heavy atom. The summed E-state index contributed by atoms with van der Waals surface area (Å²) in [4.78, 5) is -0.525. The lowest BCUT2D eigenvalue weighted by Crippen LogP contribution is -2.24. The van der Waals surface area contributed by atoms with Crippen LogP contribution in [0.2, 0.25) is 0 Å². The molecule has 106 valence electrons. The molecule has 20 heavy (non-hydrogen) atoms. The van der Waals surface area contributed by atoms with Gasteiger partial charge in [0, 0.05) is 18.2 Å². The van der Waals surface area contributed by atoms with Crippen molar-refractivity contribution in [2.45, 2.75) is 11.4 Å². The average Bonchev–Trinajstić information content (AvgIpc) is 2.38. The van der Waals surface area contributed by atoms with Crippen LogP contribution in [-0.4, -0.2) is 8.42 Å². The maximum Gasteiger partial charge on any atom is 0.243 e. The molecule has 7 heteroatoms. The zero-order chi connectivity index (χ0) is 14.8.